The molecule has 1 aromatic carbocycles. The molecule has 19 heavy (non-hydrogen) atoms. The van der Waals surface area contributed by atoms with E-state index >= 15 is 0 Å². The van der Waals surface area contributed by atoms with E-state index in [0.29, 0.717) is 0 Å². The lowest BCUT2D eigenvalue weighted by Gasteiger charge is -2.10. The lowest BCUT2D eigenvalue weighted by Crippen LogP contribution is -2.29. The van der Waals surface area contributed by atoms with E-state index in [1.54, 1.807) is 7.11 Å². The van der Waals surface area contributed by atoms with Crippen LogP contribution in [0.5, 0.6) is 5.75 Å². The van der Waals surface area contributed by atoms with E-state index in [9.17, 15) is 0 Å². The van der Waals surface area contributed by atoms with Crippen LogP contribution in [-0.4, -0.2) is 26.7 Å². The molecular formula is C16H21N2O. The highest BCUT2D eigenvalue weighted by Crippen LogP contribution is 2.21. The number of ether oxygens (including phenoxy) is 1. The van der Waals surface area contributed by atoms with Gasteiger partial charge >= 0.3 is 0 Å². The van der Waals surface area contributed by atoms with Gasteiger partial charge in [0.2, 0.25) is 0 Å². The lowest BCUT2D eigenvalue weighted by molar-refractivity contribution is 0.414. The number of hydrogen-bond donors (Lipinski definition) is 2. The van der Waals surface area contributed by atoms with Crippen LogP contribution in [-0.2, 0) is 6.54 Å². The Kier molecular flexibility index (Phi) is 6.18. The Morgan fingerprint density at radius 3 is 2.16 bits per heavy atom. The topological polar surface area (TPSA) is 33.3 Å². The van der Waals surface area contributed by atoms with E-state index in [1.165, 1.54) is 11.5 Å². The van der Waals surface area contributed by atoms with Gasteiger partial charge in [-0.3, -0.25) is 0 Å². The SMILES string of the molecule is COc1ccc(CNCCNC[C]2[CH][CH][CH][CH]2)cc1. The molecule has 0 heterocycles. The van der Waals surface area contributed by atoms with Crippen molar-refractivity contribution in [1.82, 2.24) is 10.6 Å². The van der Waals surface area contributed by atoms with Crippen molar-refractivity contribution < 1.29 is 4.74 Å². The van der Waals surface area contributed by atoms with Crippen LogP contribution in [0.15, 0.2) is 24.3 Å². The van der Waals surface area contributed by atoms with Crippen LogP contribution in [0.25, 0.3) is 0 Å². The molecule has 1 aliphatic rings. The molecule has 2 rings (SSSR count). The number of benzene rings is 1. The Morgan fingerprint density at radius 2 is 1.53 bits per heavy atom. The van der Waals surface area contributed by atoms with Gasteiger partial charge in [-0.15, -0.1) is 0 Å². The molecule has 0 aromatic heterocycles. The quantitative estimate of drug-likeness (QED) is 0.697. The number of nitrogens with one attached hydrogen (secondary N) is 2. The summed E-state index contributed by atoms with van der Waals surface area (Å²) in [4.78, 5) is 0. The average molecular weight is 257 g/mol. The second-order valence-electron chi connectivity index (χ2n) is 4.49. The van der Waals surface area contributed by atoms with E-state index in [-0.39, 0.29) is 0 Å². The fourth-order valence-electron chi connectivity index (χ4n) is 1.92. The standard InChI is InChI=1S/C16H21N2O/c1-19-16-8-6-15(7-9-16)13-18-11-10-17-12-14-4-2-3-5-14/h2-9,17-18H,10-13H2,1H3. The third kappa shape index (κ3) is 5.21. The fourth-order valence-corrected chi connectivity index (χ4v) is 1.92. The molecule has 0 unspecified atom stereocenters. The smallest absolute Gasteiger partial charge is 0.118 e. The van der Waals surface area contributed by atoms with Crippen LogP contribution in [0.2, 0.25) is 0 Å². The van der Waals surface area contributed by atoms with E-state index in [1.807, 2.05) is 12.1 Å². The van der Waals surface area contributed by atoms with Gasteiger partial charge < -0.3 is 15.4 Å². The van der Waals surface area contributed by atoms with Crippen molar-refractivity contribution in [2.45, 2.75) is 6.54 Å². The molecule has 0 saturated heterocycles. The molecule has 3 nitrogen and oxygen atoms in total. The highest BCUT2D eigenvalue weighted by atomic mass is 16.5. The Bertz CT molecular complexity index is 344. The summed E-state index contributed by atoms with van der Waals surface area (Å²) in [5.74, 6) is 2.25. The van der Waals surface area contributed by atoms with Crippen molar-refractivity contribution in [3.8, 4) is 5.75 Å². The molecule has 0 amide bonds. The van der Waals surface area contributed by atoms with Crippen LogP contribution < -0.4 is 15.4 Å². The summed E-state index contributed by atoms with van der Waals surface area (Å²) in [5.41, 5.74) is 1.27. The molecule has 5 radical (unpaired) electrons. The Hall–Kier alpha value is -1.06. The van der Waals surface area contributed by atoms with E-state index in [0.717, 1.165) is 31.9 Å². The van der Waals surface area contributed by atoms with Gasteiger partial charge in [0.05, 0.1) is 7.11 Å². The van der Waals surface area contributed by atoms with Crippen molar-refractivity contribution in [2.24, 2.45) is 0 Å². The number of rotatable bonds is 8. The maximum Gasteiger partial charge on any atom is 0.118 e. The Labute approximate surface area is 116 Å². The average Bonchev–Trinajstić information content (AvgIpc) is 2.96. The van der Waals surface area contributed by atoms with Crippen molar-refractivity contribution >= 4 is 0 Å². The maximum atomic E-state index is 5.13. The Morgan fingerprint density at radius 1 is 0.895 bits per heavy atom. The molecule has 3 heteroatoms. The minimum absolute atomic E-state index is 0.891. The molecule has 2 N–H and O–H groups in total. The molecule has 101 valence electrons. The van der Waals surface area contributed by atoms with Gasteiger partial charge in [0.15, 0.2) is 0 Å². The van der Waals surface area contributed by atoms with Gasteiger partial charge in [0, 0.05) is 26.2 Å². The maximum absolute atomic E-state index is 5.13. The second kappa shape index (κ2) is 8.18. The molecular weight excluding hydrogens is 236 g/mol. The molecule has 0 spiro atoms. The first kappa shape index (κ1) is 14.4. The summed E-state index contributed by atoms with van der Waals surface area (Å²) in [6.45, 7) is 3.77. The summed E-state index contributed by atoms with van der Waals surface area (Å²) >= 11 is 0. The molecule has 1 aliphatic carbocycles. The number of methoxy groups -OCH3 is 1. The van der Waals surface area contributed by atoms with Gasteiger partial charge in [-0.2, -0.15) is 0 Å². The molecule has 1 saturated carbocycles. The predicted octanol–water partition coefficient (Wildman–Crippen LogP) is 1.78. The van der Waals surface area contributed by atoms with Gasteiger partial charge in [0.25, 0.3) is 0 Å². The first-order valence-corrected chi connectivity index (χ1v) is 6.63. The Balaban J connectivity index is 1.51. The van der Waals surface area contributed by atoms with Gasteiger partial charge in [-0.1, -0.05) is 12.1 Å². The van der Waals surface area contributed by atoms with Crippen molar-refractivity contribution in [2.75, 3.05) is 26.7 Å². The van der Waals surface area contributed by atoms with Gasteiger partial charge in [-0.05, 0) is 49.3 Å². The first-order chi connectivity index (χ1) is 9.38. The molecule has 1 aromatic rings. The van der Waals surface area contributed by atoms with Crippen LogP contribution >= 0.6 is 0 Å². The summed E-state index contributed by atoms with van der Waals surface area (Å²) in [5, 5.41) is 6.83. The molecule has 0 atom stereocenters. The van der Waals surface area contributed by atoms with Crippen LogP contribution in [0.1, 0.15) is 5.56 Å². The van der Waals surface area contributed by atoms with Crippen molar-refractivity contribution in [1.29, 1.82) is 0 Å². The minimum atomic E-state index is 0.891. The summed E-state index contributed by atoms with van der Waals surface area (Å²) in [6.07, 6.45) is 8.41. The lowest BCUT2D eigenvalue weighted by atomic mass is 10.1. The van der Waals surface area contributed by atoms with Crippen LogP contribution in [0, 0.1) is 31.6 Å². The van der Waals surface area contributed by atoms with E-state index in [4.69, 9.17) is 4.74 Å². The zero-order valence-electron chi connectivity index (χ0n) is 11.4. The molecule has 1 fully saturated rings. The zero-order valence-corrected chi connectivity index (χ0v) is 11.4. The summed E-state index contributed by atoms with van der Waals surface area (Å²) < 4.78 is 5.13. The van der Waals surface area contributed by atoms with E-state index < -0.39 is 0 Å². The monoisotopic (exact) mass is 257 g/mol. The van der Waals surface area contributed by atoms with Crippen molar-refractivity contribution in [3.63, 3.8) is 0 Å². The number of hydrogen-bond acceptors (Lipinski definition) is 3. The second-order valence-corrected chi connectivity index (χ2v) is 4.49. The highest BCUT2D eigenvalue weighted by Gasteiger charge is 2.15. The third-order valence-electron chi connectivity index (χ3n) is 3.03. The minimum Gasteiger partial charge on any atom is -0.497 e. The highest BCUT2D eigenvalue weighted by molar-refractivity contribution is 5.35. The van der Waals surface area contributed by atoms with Crippen LogP contribution in [0.3, 0.4) is 0 Å². The van der Waals surface area contributed by atoms with E-state index in [2.05, 4.69) is 48.4 Å². The molecule has 0 aliphatic heterocycles. The van der Waals surface area contributed by atoms with Gasteiger partial charge in [0.1, 0.15) is 5.75 Å². The van der Waals surface area contributed by atoms with Gasteiger partial charge in [-0.25, -0.2) is 0 Å². The molecule has 0 bridgehead atoms. The third-order valence-corrected chi connectivity index (χ3v) is 3.03. The normalized spacial score (nSPS) is 15.8. The summed E-state index contributed by atoms with van der Waals surface area (Å²) in [6, 6.07) is 8.15. The first-order valence-electron chi connectivity index (χ1n) is 6.63. The fraction of sp³-hybridized carbons (Fsp3) is 0.312. The van der Waals surface area contributed by atoms with Crippen molar-refractivity contribution in [3.05, 3.63) is 61.4 Å². The predicted molar refractivity (Wildman–Crippen MR) is 78.0 cm³/mol. The summed E-state index contributed by atoms with van der Waals surface area (Å²) in [7, 11) is 1.69. The largest absolute Gasteiger partial charge is 0.497 e. The zero-order chi connectivity index (χ0) is 13.3. The van der Waals surface area contributed by atoms with Crippen LogP contribution in [0.4, 0.5) is 0 Å².